The molecule has 0 amide bonds. The third-order valence-corrected chi connectivity index (χ3v) is 4.24. The minimum atomic E-state index is 0.342. The summed E-state index contributed by atoms with van der Waals surface area (Å²) >= 11 is 0. The second kappa shape index (κ2) is 4.59. The number of nitrogens with one attached hydrogen (secondary N) is 2. The summed E-state index contributed by atoms with van der Waals surface area (Å²) < 4.78 is 5.88. The molecule has 1 aliphatic carbocycles. The lowest BCUT2D eigenvalue weighted by atomic mass is 10.1. The summed E-state index contributed by atoms with van der Waals surface area (Å²) in [4.78, 5) is 18.8. The van der Waals surface area contributed by atoms with Gasteiger partial charge in [0.05, 0.1) is 25.1 Å². The molecule has 7 heteroatoms. The molecule has 2 atom stereocenters. The zero-order chi connectivity index (χ0) is 13.5. The highest BCUT2D eigenvalue weighted by molar-refractivity contribution is 5.84. The average molecular weight is 274 g/mol. The Hall–Kier alpha value is -1.89. The van der Waals surface area contributed by atoms with Crippen LogP contribution in [0, 0.1) is 0 Å². The van der Waals surface area contributed by atoms with E-state index in [0.29, 0.717) is 23.7 Å². The maximum atomic E-state index is 5.88. The Bertz CT molecular complexity index is 626. The van der Waals surface area contributed by atoms with Gasteiger partial charge in [0.1, 0.15) is 5.52 Å². The number of ether oxygens (including phenoxy) is 1. The van der Waals surface area contributed by atoms with E-state index in [1.807, 2.05) is 7.05 Å². The van der Waals surface area contributed by atoms with Gasteiger partial charge in [-0.2, -0.15) is 9.97 Å². The molecule has 0 bridgehead atoms. The van der Waals surface area contributed by atoms with Crippen LogP contribution in [0.2, 0.25) is 0 Å². The Kier molecular flexibility index (Phi) is 2.73. The van der Waals surface area contributed by atoms with Crippen LogP contribution in [-0.2, 0) is 4.74 Å². The van der Waals surface area contributed by atoms with Crippen molar-refractivity contribution in [2.45, 2.75) is 31.4 Å². The summed E-state index contributed by atoms with van der Waals surface area (Å²) in [5.41, 5.74) is 1.62. The van der Waals surface area contributed by atoms with Crippen LogP contribution in [0.5, 0.6) is 0 Å². The quantitative estimate of drug-likeness (QED) is 0.855. The fourth-order valence-electron chi connectivity index (χ4n) is 3.33. The highest BCUT2D eigenvalue weighted by atomic mass is 16.5. The lowest BCUT2D eigenvalue weighted by molar-refractivity contribution is 0.0254. The van der Waals surface area contributed by atoms with Gasteiger partial charge in [-0.15, -0.1) is 0 Å². The molecule has 0 radical (unpaired) electrons. The van der Waals surface area contributed by atoms with E-state index in [1.54, 1.807) is 6.33 Å². The molecule has 20 heavy (non-hydrogen) atoms. The molecule has 2 fully saturated rings. The Morgan fingerprint density at radius 2 is 2.35 bits per heavy atom. The smallest absolute Gasteiger partial charge is 0.226 e. The molecule has 4 rings (SSSR count). The van der Waals surface area contributed by atoms with Gasteiger partial charge in [-0.3, -0.25) is 0 Å². The molecule has 1 saturated carbocycles. The van der Waals surface area contributed by atoms with Crippen LogP contribution < -0.4 is 10.2 Å². The number of hydrogen-bond donors (Lipinski definition) is 2. The van der Waals surface area contributed by atoms with Crippen LogP contribution in [0.25, 0.3) is 11.2 Å². The lowest BCUT2D eigenvalue weighted by Crippen LogP contribution is -2.49. The topological polar surface area (TPSA) is 79.0 Å². The summed E-state index contributed by atoms with van der Waals surface area (Å²) in [7, 11) is 1.83. The van der Waals surface area contributed by atoms with E-state index in [2.05, 4.69) is 30.2 Å². The standard InChI is InChI=1S/C13H18N6O/c1-14-13-17-11-10(15-7-16-11)12(18-13)19-5-6-20-9-4-2-3-8(9)19/h7-9H,2-6H2,1H3,(H2,14,15,16,17,18). The first kappa shape index (κ1) is 11.9. The van der Waals surface area contributed by atoms with Crippen LogP contribution in [-0.4, -0.2) is 52.3 Å². The first-order valence-electron chi connectivity index (χ1n) is 7.14. The number of fused-ring (bicyclic) bond motifs is 2. The molecule has 7 nitrogen and oxygen atoms in total. The Labute approximate surface area is 116 Å². The maximum Gasteiger partial charge on any atom is 0.226 e. The molecule has 2 N–H and O–H groups in total. The first-order chi connectivity index (χ1) is 9.86. The number of rotatable bonds is 2. The van der Waals surface area contributed by atoms with Crippen molar-refractivity contribution in [3.8, 4) is 0 Å². The van der Waals surface area contributed by atoms with Crippen molar-refractivity contribution in [3.63, 3.8) is 0 Å². The van der Waals surface area contributed by atoms with Gasteiger partial charge in [-0.25, -0.2) is 4.98 Å². The van der Waals surface area contributed by atoms with E-state index in [4.69, 9.17) is 4.74 Å². The predicted octanol–water partition coefficient (Wildman–Crippen LogP) is 1.15. The van der Waals surface area contributed by atoms with Crippen LogP contribution >= 0.6 is 0 Å². The normalized spacial score (nSPS) is 25.9. The summed E-state index contributed by atoms with van der Waals surface area (Å²) in [5, 5.41) is 3.01. The Morgan fingerprint density at radius 3 is 3.25 bits per heavy atom. The van der Waals surface area contributed by atoms with Gasteiger partial charge >= 0.3 is 0 Å². The summed E-state index contributed by atoms with van der Waals surface area (Å²) in [5.74, 6) is 1.55. The number of nitrogens with zero attached hydrogens (tertiary/aromatic N) is 4. The van der Waals surface area contributed by atoms with Crippen molar-refractivity contribution < 1.29 is 4.74 Å². The van der Waals surface area contributed by atoms with Gasteiger partial charge in [-0.05, 0) is 19.3 Å². The molecule has 2 unspecified atom stereocenters. The average Bonchev–Trinajstić information content (AvgIpc) is 3.14. The van der Waals surface area contributed by atoms with Gasteiger partial charge in [0, 0.05) is 13.6 Å². The molecule has 2 aromatic rings. The summed E-state index contributed by atoms with van der Waals surface area (Å²) in [6, 6.07) is 0.426. The van der Waals surface area contributed by atoms with Crippen molar-refractivity contribution >= 4 is 22.9 Å². The van der Waals surface area contributed by atoms with Crippen molar-refractivity contribution in [2.75, 3.05) is 30.4 Å². The SMILES string of the molecule is CNc1nc(N2CCOC3CCCC32)c2[nH]cnc2n1. The molecule has 3 heterocycles. The Morgan fingerprint density at radius 1 is 1.40 bits per heavy atom. The monoisotopic (exact) mass is 274 g/mol. The molecule has 2 aromatic heterocycles. The summed E-state index contributed by atoms with van der Waals surface area (Å²) in [6.07, 6.45) is 5.56. The van der Waals surface area contributed by atoms with Gasteiger partial charge in [0.2, 0.25) is 5.95 Å². The van der Waals surface area contributed by atoms with Crippen molar-refractivity contribution in [1.82, 2.24) is 19.9 Å². The maximum absolute atomic E-state index is 5.88. The number of imidazole rings is 1. The third-order valence-electron chi connectivity index (χ3n) is 4.24. The lowest BCUT2D eigenvalue weighted by Gasteiger charge is -2.38. The number of H-pyrrole nitrogens is 1. The molecule has 106 valence electrons. The zero-order valence-corrected chi connectivity index (χ0v) is 11.5. The first-order valence-corrected chi connectivity index (χ1v) is 7.14. The second-order valence-electron chi connectivity index (χ2n) is 5.32. The minimum absolute atomic E-state index is 0.342. The summed E-state index contributed by atoms with van der Waals surface area (Å²) in [6.45, 7) is 1.63. The molecular weight excluding hydrogens is 256 g/mol. The van der Waals surface area contributed by atoms with E-state index >= 15 is 0 Å². The van der Waals surface area contributed by atoms with Crippen molar-refractivity contribution in [3.05, 3.63) is 6.33 Å². The number of anilines is 2. The molecule has 0 aromatic carbocycles. The van der Waals surface area contributed by atoms with E-state index in [1.165, 1.54) is 12.8 Å². The molecule has 0 spiro atoms. The fraction of sp³-hybridized carbons (Fsp3) is 0.615. The number of morpholine rings is 1. The zero-order valence-electron chi connectivity index (χ0n) is 11.5. The largest absolute Gasteiger partial charge is 0.374 e. The molecule has 1 aliphatic heterocycles. The van der Waals surface area contributed by atoms with Crippen molar-refractivity contribution in [2.24, 2.45) is 0 Å². The second-order valence-corrected chi connectivity index (χ2v) is 5.32. The molecule has 2 aliphatic rings. The van der Waals surface area contributed by atoms with Gasteiger partial charge in [0.15, 0.2) is 11.5 Å². The van der Waals surface area contributed by atoms with Crippen LogP contribution in [0.1, 0.15) is 19.3 Å². The van der Waals surface area contributed by atoms with E-state index in [-0.39, 0.29) is 0 Å². The van der Waals surface area contributed by atoms with E-state index < -0.39 is 0 Å². The highest BCUT2D eigenvalue weighted by Gasteiger charge is 2.37. The van der Waals surface area contributed by atoms with E-state index in [0.717, 1.165) is 30.9 Å². The minimum Gasteiger partial charge on any atom is -0.374 e. The van der Waals surface area contributed by atoms with Gasteiger partial charge < -0.3 is 19.9 Å². The van der Waals surface area contributed by atoms with Crippen LogP contribution in [0.15, 0.2) is 6.33 Å². The number of aromatic nitrogens is 4. The number of aromatic amines is 1. The predicted molar refractivity (Wildman–Crippen MR) is 76.0 cm³/mol. The van der Waals surface area contributed by atoms with Gasteiger partial charge in [0.25, 0.3) is 0 Å². The van der Waals surface area contributed by atoms with Crippen LogP contribution in [0.3, 0.4) is 0 Å². The van der Waals surface area contributed by atoms with Gasteiger partial charge in [-0.1, -0.05) is 0 Å². The van der Waals surface area contributed by atoms with Crippen LogP contribution in [0.4, 0.5) is 11.8 Å². The molecular formula is C13H18N6O. The molecule has 1 saturated heterocycles. The third kappa shape index (κ3) is 1.73. The number of hydrogen-bond acceptors (Lipinski definition) is 6. The van der Waals surface area contributed by atoms with E-state index in [9.17, 15) is 0 Å². The fourth-order valence-corrected chi connectivity index (χ4v) is 3.33. The highest BCUT2D eigenvalue weighted by Crippen LogP contribution is 2.34. The Balaban J connectivity index is 1.81. The van der Waals surface area contributed by atoms with Crippen molar-refractivity contribution in [1.29, 1.82) is 0 Å².